The Morgan fingerprint density at radius 3 is 2.44 bits per heavy atom. The maximum atomic E-state index is 6.00. The third-order valence-corrected chi connectivity index (χ3v) is 4.64. The molecule has 2 aromatic heterocycles. The number of hydrogen-bond donors (Lipinski definition) is 0. The Hall–Kier alpha value is -3.05. The molecule has 0 saturated carbocycles. The van der Waals surface area contributed by atoms with Gasteiger partial charge in [-0.3, -0.25) is 0 Å². The van der Waals surface area contributed by atoms with E-state index in [4.69, 9.17) is 21.4 Å². The fourth-order valence-electron chi connectivity index (χ4n) is 3.02. The molecule has 0 atom stereocenters. The third kappa shape index (κ3) is 3.46. The molecule has 0 N–H and O–H groups in total. The Morgan fingerprint density at radius 2 is 1.74 bits per heavy atom. The quantitative estimate of drug-likeness (QED) is 0.505. The fraction of sp³-hybridized carbons (Fsp3) is 0.143. The van der Waals surface area contributed by atoms with Crippen LogP contribution in [0.2, 0.25) is 5.02 Å². The number of rotatable bonds is 5. The number of imidazole rings is 1. The first kappa shape index (κ1) is 17.4. The molecule has 0 aliphatic carbocycles. The monoisotopic (exact) mass is 378 g/mol. The van der Waals surface area contributed by atoms with Crippen LogP contribution in [0.1, 0.15) is 5.56 Å². The fourth-order valence-corrected chi connectivity index (χ4v) is 3.15. The molecule has 0 saturated heterocycles. The van der Waals surface area contributed by atoms with Gasteiger partial charge in [0, 0.05) is 24.2 Å². The summed E-state index contributed by atoms with van der Waals surface area (Å²) in [6.07, 6.45) is 0. The van der Waals surface area contributed by atoms with Crippen LogP contribution in [0.25, 0.3) is 16.9 Å². The van der Waals surface area contributed by atoms with Crippen molar-refractivity contribution in [2.24, 2.45) is 0 Å². The largest absolute Gasteiger partial charge is 0.479 e. The smallest absolute Gasteiger partial charge is 0.243 e. The van der Waals surface area contributed by atoms with Crippen LogP contribution in [0.4, 0.5) is 5.82 Å². The van der Waals surface area contributed by atoms with Crippen LogP contribution in [-0.4, -0.2) is 28.8 Å². The molecule has 0 aliphatic rings. The molecule has 136 valence electrons. The number of hydrogen-bond acceptors (Lipinski definition) is 4. The van der Waals surface area contributed by atoms with Crippen molar-refractivity contribution in [1.82, 2.24) is 14.6 Å². The van der Waals surface area contributed by atoms with Gasteiger partial charge < -0.3 is 9.64 Å². The number of nitrogens with zero attached hydrogens (tertiary/aromatic N) is 4. The lowest BCUT2D eigenvalue weighted by atomic mass is 10.2. The maximum Gasteiger partial charge on any atom is 0.243 e. The second-order valence-electron chi connectivity index (χ2n) is 6.28. The van der Waals surface area contributed by atoms with Crippen molar-refractivity contribution in [3.63, 3.8) is 0 Å². The molecule has 0 spiro atoms. The molecule has 2 aromatic carbocycles. The molecule has 0 aliphatic heterocycles. The Labute approximate surface area is 162 Å². The summed E-state index contributed by atoms with van der Waals surface area (Å²) in [5, 5.41) is 5.42. The van der Waals surface area contributed by atoms with E-state index in [1.165, 1.54) is 5.56 Å². The van der Waals surface area contributed by atoms with Gasteiger partial charge >= 0.3 is 0 Å². The van der Waals surface area contributed by atoms with Crippen molar-refractivity contribution >= 4 is 23.1 Å². The van der Waals surface area contributed by atoms with Gasteiger partial charge in [0.2, 0.25) is 5.88 Å². The number of halogens is 1. The summed E-state index contributed by atoms with van der Waals surface area (Å²) in [6, 6.07) is 21.7. The predicted octanol–water partition coefficient (Wildman–Crippen LogP) is 4.69. The Bertz CT molecular complexity index is 1060. The first-order chi connectivity index (χ1) is 13.2. The van der Waals surface area contributed by atoms with Gasteiger partial charge in [0.1, 0.15) is 11.5 Å². The summed E-state index contributed by atoms with van der Waals surface area (Å²) in [4.78, 5) is 6.78. The van der Waals surface area contributed by atoms with E-state index in [0.29, 0.717) is 10.9 Å². The molecule has 4 rings (SSSR count). The second-order valence-corrected chi connectivity index (χ2v) is 6.72. The van der Waals surface area contributed by atoms with Crippen LogP contribution in [0.15, 0.2) is 66.7 Å². The number of aromatic nitrogens is 3. The van der Waals surface area contributed by atoms with Crippen molar-refractivity contribution in [1.29, 1.82) is 0 Å². The predicted molar refractivity (Wildman–Crippen MR) is 109 cm³/mol. The van der Waals surface area contributed by atoms with Gasteiger partial charge in [-0.1, -0.05) is 54.1 Å². The minimum atomic E-state index is 0.599. The zero-order valence-electron chi connectivity index (χ0n) is 15.1. The molecule has 0 amide bonds. The number of ether oxygens (including phenoxy) is 1. The highest BCUT2D eigenvalue weighted by atomic mass is 35.5. The van der Waals surface area contributed by atoms with E-state index in [2.05, 4.69) is 22.0 Å². The van der Waals surface area contributed by atoms with E-state index in [1.807, 2.05) is 61.6 Å². The lowest BCUT2D eigenvalue weighted by molar-refractivity contribution is 0.389. The third-order valence-electron chi connectivity index (χ3n) is 4.39. The average molecular weight is 379 g/mol. The zero-order valence-corrected chi connectivity index (χ0v) is 15.9. The van der Waals surface area contributed by atoms with E-state index in [-0.39, 0.29) is 0 Å². The van der Waals surface area contributed by atoms with Gasteiger partial charge in [0.15, 0.2) is 5.65 Å². The lowest BCUT2D eigenvalue weighted by Gasteiger charge is -2.18. The van der Waals surface area contributed by atoms with E-state index in [1.54, 1.807) is 11.6 Å². The first-order valence-corrected chi connectivity index (χ1v) is 8.98. The molecule has 5 nitrogen and oxygen atoms in total. The summed E-state index contributed by atoms with van der Waals surface area (Å²) in [5.74, 6) is 1.44. The van der Waals surface area contributed by atoms with Crippen LogP contribution < -0.4 is 9.64 Å². The molecule has 0 fully saturated rings. The summed E-state index contributed by atoms with van der Waals surface area (Å²) >= 11 is 6.00. The van der Waals surface area contributed by atoms with Crippen LogP contribution in [0.5, 0.6) is 5.88 Å². The van der Waals surface area contributed by atoms with Crippen LogP contribution in [0.3, 0.4) is 0 Å². The minimum absolute atomic E-state index is 0.599. The van der Waals surface area contributed by atoms with Crippen molar-refractivity contribution in [3.05, 3.63) is 77.3 Å². The van der Waals surface area contributed by atoms with Gasteiger partial charge in [0.05, 0.1) is 7.11 Å². The molecular weight excluding hydrogens is 360 g/mol. The van der Waals surface area contributed by atoms with Crippen LogP contribution >= 0.6 is 11.6 Å². The zero-order chi connectivity index (χ0) is 18.8. The van der Waals surface area contributed by atoms with E-state index in [0.717, 1.165) is 29.3 Å². The summed E-state index contributed by atoms with van der Waals surface area (Å²) < 4.78 is 7.36. The van der Waals surface area contributed by atoms with Crippen molar-refractivity contribution in [2.45, 2.75) is 6.54 Å². The minimum Gasteiger partial charge on any atom is -0.479 e. The molecule has 0 bridgehead atoms. The first-order valence-electron chi connectivity index (χ1n) is 8.60. The van der Waals surface area contributed by atoms with Gasteiger partial charge in [-0.15, -0.1) is 5.10 Å². The van der Waals surface area contributed by atoms with Gasteiger partial charge in [-0.05, 0) is 29.8 Å². The Balaban J connectivity index is 1.72. The molecule has 4 aromatic rings. The highest BCUT2D eigenvalue weighted by molar-refractivity contribution is 6.30. The van der Waals surface area contributed by atoms with E-state index >= 15 is 0 Å². The van der Waals surface area contributed by atoms with E-state index in [9.17, 15) is 0 Å². The van der Waals surface area contributed by atoms with Crippen LogP contribution in [0, 0.1) is 0 Å². The SMILES string of the molecule is COc1c(-c2ccc(Cl)cc2)nc2ccc(N(C)Cc3ccccc3)nn12. The van der Waals surface area contributed by atoms with Crippen molar-refractivity contribution in [2.75, 3.05) is 19.1 Å². The second kappa shape index (κ2) is 7.29. The molecule has 27 heavy (non-hydrogen) atoms. The molecule has 0 unspecified atom stereocenters. The molecule has 0 radical (unpaired) electrons. The van der Waals surface area contributed by atoms with Crippen LogP contribution in [-0.2, 0) is 6.54 Å². The van der Waals surface area contributed by atoms with Gasteiger partial charge in [-0.25, -0.2) is 4.98 Å². The standard InChI is InChI=1S/C21H19ClN4O/c1-25(14-15-6-4-3-5-7-15)19-13-12-18-23-20(21(27-2)26(18)24-19)16-8-10-17(22)11-9-16/h3-13H,14H2,1-2H3. The highest BCUT2D eigenvalue weighted by Gasteiger charge is 2.17. The topological polar surface area (TPSA) is 42.7 Å². The normalized spacial score (nSPS) is 10.9. The van der Waals surface area contributed by atoms with Gasteiger partial charge in [0.25, 0.3) is 0 Å². The van der Waals surface area contributed by atoms with Gasteiger partial charge in [-0.2, -0.15) is 4.52 Å². The summed E-state index contributed by atoms with van der Waals surface area (Å²) in [7, 11) is 3.65. The summed E-state index contributed by atoms with van der Waals surface area (Å²) in [6.45, 7) is 0.764. The van der Waals surface area contributed by atoms with Crippen molar-refractivity contribution < 1.29 is 4.74 Å². The maximum absolute atomic E-state index is 6.00. The molecular formula is C21H19ClN4O. The highest BCUT2D eigenvalue weighted by Crippen LogP contribution is 2.31. The number of benzene rings is 2. The lowest BCUT2D eigenvalue weighted by Crippen LogP contribution is -2.18. The molecule has 6 heteroatoms. The Morgan fingerprint density at radius 1 is 1.00 bits per heavy atom. The average Bonchev–Trinajstić information content (AvgIpc) is 3.07. The number of anilines is 1. The number of methoxy groups -OCH3 is 1. The summed E-state index contributed by atoms with van der Waals surface area (Å²) in [5.41, 5.74) is 3.63. The van der Waals surface area contributed by atoms with Crippen molar-refractivity contribution in [3.8, 4) is 17.1 Å². The molecule has 2 heterocycles. The number of fused-ring (bicyclic) bond motifs is 1. The Kier molecular flexibility index (Phi) is 4.69. The van der Waals surface area contributed by atoms with E-state index < -0.39 is 0 Å².